The number of methoxy groups -OCH3 is 1. The first-order valence-corrected chi connectivity index (χ1v) is 5.55. The Hall–Kier alpha value is -0.730. The summed E-state index contributed by atoms with van der Waals surface area (Å²) in [4.78, 5) is 0. The second-order valence-corrected chi connectivity index (χ2v) is 3.94. The average molecular weight is 229 g/mol. The zero-order chi connectivity index (χ0) is 11.3. The van der Waals surface area contributed by atoms with E-state index in [1.807, 2.05) is 18.2 Å². The Morgan fingerprint density at radius 2 is 2.20 bits per heavy atom. The molecule has 0 amide bonds. The molecule has 0 saturated carbocycles. The lowest BCUT2D eigenvalue weighted by Gasteiger charge is -2.17. The molecule has 15 heavy (non-hydrogen) atoms. The van der Waals surface area contributed by atoms with Gasteiger partial charge in [0, 0.05) is 11.6 Å². The van der Waals surface area contributed by atoms with Gasteiger partial charge in [-0.2, -0.15) is 0 Å². The van der Waals surface area contributed by atoms with Crippen molar-refractivity contribution in [3.05, 3.63) is 28.8 Å². The predicted octanol–water partition coefficient (Wildman–Crippen LogP) is 3.22. The molecule has 84 valence electrons. The van der Waals surface area contributed by atoms with Crippen LogP contribution >= 0.6 is 11.6 Å². The fraction of sp³-hybridized carbons (Fsp3) is 0.500. The summed E-state index contributed by atoms with van der Waals surface area (Å²) in [5, 5.41) is 9.70. The van der Waals surface area contributed by atoms with Gasteiger partial charge in [0.15, 0.2) is 0 Å². The predicted molar refractivity (Wildman–Crippen MR) is 62.7 cm³/mol. The highest BCUT2D eigenvalue weighted by Crippen LogP contribution is 2.33. The first-order chi connectivity index (χ1) is 7.22. The van der Waals surface area contributed by atoms with Crippen LogP contribution in [0.5, 0.6) is 5.75 Å². The molecular weight excluding hydrogens is 212 g/mol. The Balaban J connectivity index is 3.02. The van der Waals surface area contributed by atoms with E-state index in [1.54, 1.807) is 7.11 Å². The molecule has 0 fully saturated rings. The summed E-state index contributed by atoms with van der Waals surface area (Å²) in [6, 6.07) is 5.61. The normalized spacial score (nSPS) is 12.5. The molecule has 0 bridgehead atoms. The average Bonchev–Trinajstić information content (AvgIpc) is 2.26. The fourth-order valence-electron chi connectivity index (χ4n) is 1.76. The van der Waals surface area contributed by atoms with E-state index in [9.17, 15) is 0 Å². The summed E-state index contributed by atoms with van der Waals surface area (Å²) in [5.74, 6) is 1.16. The van der Waals surface area contributed by atoms with Gasteiger partial charge in [-0.1, -0.05) is 18.5 Å². The van der Waals surface area contributed by atoms with E-state index < -0.39 is 0 Å². The molecule has 1 aromatic rings. The topological polar surface area (TPSA) is 29.5 Å². The Labute approximate surface area is 95.8 Å². The third-order valence-corrected chi connectivity index (χ3v) is 2.84. The molecule has 0 heterocycles. The molecule has 0 spiro atoms. The van der Waals surface area contributed by atoms with E-state index >= 15 is 0 Å². The molecule has 0 aliphatic heterocycles. The van der Waals surface area contributed by atoms with Crippen LogP contribution in [0.1, 0.15) is 31.2 Å². The molecular formula is C12H17ClO2. The van der Waals surface area contributed by atoms with E-state index in [0.29, 0.717) is 10.9 Å². The summed E-state index contributed by atoms with van der Waals surface area (Å²) in [7, 11) is 1.65. The van der Waals surface area contributed by atoms with Gasteiger partial charge in [0.05, 0.1) is 7.11 Å². The first kappa shape index (κ1) is 12.3. The van der Waals surface area contributed by atoms with Crippen LogP contribution in [0.4, 0.5) is 0 Å². The monoisotopic (exact) mass is 228 g/mol. The van der Waals surface area contributed by atoms with Crippen molar-refractivity contribution in [3.63, 3.8) is 0 Å². The molecule has 2 nitrogen and oxygen atoms in total. The van der Waals surface area contributed by atoms with Crippen LogP contribution in [0, 0.1) is 0 Å². The highest BCUT2D eigenvalue weighted by Gasteiger charge is 2.14. The summed E-state index contributed by atoms with van der Waals surface area (Å²) < 4.78 is 5.29. The van der Waals surface area contributed by atoms with Gasteiger partial charge < -0.3 is 9.84 Å². The van der Waals surface area contributed by atoms with Crippen LogP contribution in [0.15, 0.2) is 18.2 Å². The van der Waals surface area contributed by atoms with E-state index in [4.69, 9.17) is 21.4 Å². The number of benzene rings is 1. The number of rotatable bonds is 5. The van der Waals surface area contributed by atoms with E-state index in [1.165, 1.54) is 0 Å². The van der Waals surface area contributed by atoms with Crippen LogP contribution in [-0.4, -0.2) is 18.8 Å². The number of aliphatic hydroxyl groups excluding tert-OH is 1. The maximum absolute atomic E-state index is 8.99. The molecule has 1 atom stereocenters. The minimum absolute atomic E-state index is 0.189. The third kappa shape index (κ3) is 3.11. The molecule has 1 aromatic carbocycles. The summed E-state index contributed by atoms with van der Waals surface area (Å²) >= 11 is 5.96. The van der Waals surface area contributed by atoms with Crippen LogP contribution in [0.3, 0.4) is 0 Å². The highest BCUT2D eigenvalue weighted by molar-refractivity contribution is 6.30. The Bertz CT molecular complexity index is 312. The number of hydrogen-bond acceptors (Lipinski definition) is 2. The highest BCUT2D eigenvalue weighted by atomic mass is 35.5. The maximum atomic E-state index is 8.99. The second kappa shape index (κ2) is 5.99. The zero-order valence-corrected chi connectivity index (χ0v) is 9.92. The summed E-state index contributed by atoms with van der Waals surface area (Å²) in [6.07, 6.45) is 1.71. The van der Waals surface area contributed by atoms with Gasteiger partial charge >= 0.3 is 0 Å². The number of ether oxygens (including phenoxy) is 1. The SMILES string of the molecule is CCC(CCO)c1cc(Cl)ccc1OC. The van der Waals surface area contributed by atoms with Gasteiger partial charge in [-0.25, -0.2) is 0 Å². The van der Waals surface area contributed by atoms with E-state index in [-0.39, 0.29) is 6.61 Å². The first-order valence-electron chi connectivity index (χ1n) is 5.17. The van der Waals surface area contributed by atoms with Crippen molar-refractivity contribution in [2.45, 2.75) is 25.7 Å². The van der Waals surface area contributed by atoms with Crippen LogP contribution in [0.2, 0.25) is 5.02 Å². The van der Waals surface area contributed by atoms with Crippen LogP contribution < -0.4 is 4.74 Å². The molecule has 0 aliphatic rings. The second-order valence-electron chi connectivity index (χ2n) is 3.50. The lowest BCUT2D eigenvalue weighted by Crippen LogP contribution is -2.02. The van der Waals surface area contributed by atoms with Crippen molar-refractivity contribution >= 4 is 11.6 Å². The van der Waals surface area contributed by atoms with Gasteiger partial charge in [0.2, 0.25) is 0 Å². The van der Waals surface area contributed by atoms with Crippen molar-refractivity contribution in [1.29, 1.82) is 0 Å². The molecule has 0 radical (unpaired) electrons. The lowest BCUT2D eigenvalue weighted by atomic mass is 9.93. The third-order valence-electron chi connectivity index (χ3n) is 2.60. The largest absolute Gasteiger partial charge is 0.496 e. The molecule has 0 saturated heterocycles. The molecule has 1 unspecified atom stereocenters. The summed E-state index contributed by atoms with van der Waals surface area (Å²) in [6.45, 7) is 2.29. The van der Waals surface area contributed by atoms with Crippen molar-refractivity contribution in [3.8, 4) is 5.75 Å². The molecule has 3 heteroatoms. The Kier molecular flexibility index (Phi) is 4.92. The standard InChI is InChI=1S/C12H17ClO2/c1-3-9(6-7-14)11-8-10(13)4-5-12(11)15-2/h4-5,8-9,14H,3,6-7H2,1-2H3. The van der Waals surface area contributed by atoms with Gasteiger partial charge in [0.1, 0.15) is 5.75 Å². The number of halogens is 1. The Morgan fingerprint density at radius 1 is 1.47 bits per heavy atom. The van der Waals surface area contributed by atoms with Gasteiger partial charge in [-0.15, -0.1) is 0 Å². The van der Waals surface area contributed by atoms with Crippen molar-refractivity contribution in [2.24, 2.45) is 0 Å². The number of hydrogen-bond donors (Lipinski definition) is 1. The molecule has 1 rings (SSSR count). The van der Waals surface area contributed by atoms with Crippen LogP contribution in [-0.2, 0) is 0 Å². The molecule has 0 aromatic heterocycles. The zero-order valence-electron chi connectivity index (χ0n) is 9.16. The molecule has 1 N–H and O–H groups in total. The minimum atomic E-state index is 0.189. The van der Waals surface area contributed by atoms with E-state index in [0.717, 1.165) is 24.2 Å². The molecule has 0 aliphatic carbocycles. The van der Waals surface area contributed by atoms with Crippen LogP contribution in [0.25, 0.3) is 0 Å². The number of aliphatic hydroxyl groups is 1. The smallest absolute Gasteiger partial charge is 0.122 e. The lowest BCUT2D eigenvalue weighted by molar-refractivity contribution is 0.272. The fourth-order valence-corrected chi connectivity index (χ4v) is 1.94. The minimum Gasteiger partial charge on any atom is -0.496 e. The van der Waals surface area contributed by atoms with Crippen molar-refractivity contribution in [1.82, 2.24) is 0 Å². The van der Waals surface area contributed by atoms with Gasteiger partial charge in [0.25, 0.3) is 0 Å². The summed E-state index contributed by atoms with van der Waals surface area (Å²) in [5.41, 5.74) is 1.08. The van der Waals surface area contributed by atoms with Crippen molar-refractivity contribution in [2.75, 3.05) is 13.7 Å². The van der Waals surface area contributed by atoms with E-state index in [2.05, 4.69) is 6.92 Å². The van der Waals surface area contributed by atoms with Gasteiger partial charge in [-0.05, 0) is 42.5 Å². The Morgan fingerprint density at radius 3 is 2.73 bits per heavy atom. The van der Waals surface area contributed by atoms with Crippen molar-refractivity contribution < 1.29 is 9.84 Å². The van der Waals surface area contributed by atoms with Gasteiger partial charge in [-0.3, -0.25) is 0 Å². The maximum Gasteiger partial charge on any atom is 0.122 e. The quantitative estimate of drug-likeness (QED) is 0.839.